The van der Waals surface area contributed by atoms with Gasteiger partial charge in [0.15, 0.2) is 15.6 Å². The fourth-order valence-electron chi connectivity index (χ4n) is 1.46. The molecular formula is C13H14F3N3O3S. The first-order valence-electron chi connectivity index (χ1n) is 6.29. The second kappa shape index (κ2) is 6.90. The summed E-state index contributed by atoms with van der Waals surface area (Å²) >= 11 is 0. The largest absolute Gasteiger partial charge is 0.430 e. The van der Waals surface area contributed by atoms with Gasteiger partial charge in [-0.2, -0.15) is 13.2 Å². The summed E-state index contributed by atoms with van der Waals surface area (Å²) in [5.74, 6) is -0.808. The van der Waals surface area contributed by atoms with Gasteiger partial charge in [0.25, 0.3) is 0 Å². The maximum Gasteiger partial charge on any atom is 0.430 e. The maximum atomic E-state index is 12.2. The number of sulfone groups is 1. The molecule has 0 radical (unpaired) electrons. The van der Waals surface area contributed by atoms with Crippen LogP contribution in [-0.2, 0) is 9.84 Å². The smallest absolute Gasteiger partial charge is 0.395 e. The molecule has 1 heterocycles. The van der Waals surface area contributed by atoms with E-state index in [1.807, 2.05) is 0 Å². The molecule has 0 aliphatic rings. The van der Waals surface area contributed by atoms with Crippen LogP contribution in [0.25, 0.3) is 0 Å². The van der Waals surface area contributed by atoms with Crippen LogP contribution in [0.1, 0.15) is 24.3 Å². The number of nitrogens with two attached hydrogens (primary N) is 1. The molecule has 0 amide bonds. The second-order valence-electron chi connectivity index (χ2n) is 4.40. The first kappa shape index (κ1) is 18.8. The molecule has 0 aliphatic heterocycles. The summed E-state index contributed by atoms with van der Waals surface area (Å²) in [6, 6.07) is 1.08. The summed E-state index contributed by atoms with van der Waals surface area (Å²) in [6.07, 6.45) is -2.29. The van der Waals surface area contributed by atoms with Crippen LogP contribution < -0.4 is 5.73 Å². The second-order valence-corrected chi connectivity index (χ2v) is 6.64. The van der Waals surface area contributed by atoms with Crippen LogP contribution in [-0.4, -0.2) is 37.3 Å². The zero-order valence-electron chi connectivity index (χ0n) is 12.3. The molecule has 1 rings (SSSR count). The van der Waals surface area contributed by atoms with E-state index in [9.17, 15) is 26.4 Å². The third-order valence-corrected chi connectivity index (χ3v) is 4.43. The number of aliphatic imine (C=N–C) groups is 1. The average molecular weight is 349 g/mol. The number of hydrogen-bond donors (Lipinski definition) is 1. The topological polar surface area (TPSA) is 102 Å². The number of rotatable bonds is 5. The Bertz CT molecular complexity index is 768. The van der Waals surface area contributed by atoms with Crippen molar-refractivity contribution in [3.63, 3.8) is 0 Å². The Hall–Kier alpha value is -2.23. The molecule has 0 atom stereocenters. The Morgan fingerprint density at radius 3 is 2.52 bits per heavy atom. The molecule has 6 nitrogen and oxygen atoms in total. The van der Waals surface area contributed by atoms with Gasteiger partial charge in [-0.3, -0.25) is 9.79 Å². The average Bonchev–Trinajstić information content (AvgIpc) is 2.45. The number of pyridine rings is 1. The fourth-order valence-corrected chi connectivity index (χ4v) is 2.56. The van der Waals surface area contributed by atoms with Gasteiger partial charge >= 0.3 is 6.18 Å². The molecule has 0 saturated heterocycles. The van der Waals surface area contributed by atoms with Gasteiger partial charge < -0.3 is 5.73 Å². The standard InChI is InChI=1S/C13H14F3N3O3S/c1-3-23(21,22)10-6-9(7-19-12(10)8(2)20)18-5-4-11(17)13(14,15)16/h4-7H,3,17H2,1-2H3. The van der Waals surface area contributed by atoms with Crippen molar-refractivity contribution in [2.24, 2.45) is 10.7 Å². The number of hydrogen-bond acceptors (Lipinski definition) is 6. The lowest BCUT2D eigenvalue weighted by atomic mass is 10.2. The minimum atomic E-state index is -4.68. The molecule has 0 saturated carbocycles. The molecule has 1 aromatic heterocycles. The lowest BCUT2D eigenvalue weighted by Gasteiger charge is -2.07. The molecule has 23 heavy (non-hydrogen) atoms. The third-order valence-electron chi connectivity index (χ3n) is 2.69. The van der Waals surface area contributed by atoms with Crippen molar-refractivity contribution in [3.8, 4) is 0 Å². The van der Waals surface area contributed by atoms with Crippen molar-refractivity contribution in [3.05, 3.63) is 29.7 Å². The fraction of sp³-hybridized carbons (Fsp3) is 0.308. The molecule has 10 heteroatoms. The van der Waals surface area contributed by atoms with E-state index in [1.165, 1.54) is 6.92 Å². The summed E-state index contributed by atoms with van der Waals surface area (Å²) in [7, 11) is -3.74. The summed E-state index contributed by atoms with van der Waals surface area (Å²) < 4.78 is 60.5. The third kappa shape index (κ3) is 4.88. The Kier molecular flexibility index (Phi) is 5.65. The summed E-state index contributed by atoms with van der Waals surface area (Å²) in [5, 5.41) is 0. The van der Waals surface area contributed by atoms with Crippen LogP contribution in [0.5, 0.6) is 0 Å². The molecule has 0 bridgehead atoms. The number of ketones is 1. The molecule has 0 fully saturated rings. The molecule has 0 spiro atoms. The normalized spacial score (nSPS) is 13.5. The zero-order valence-corrected chi connectivity index (χ0v) is 13.1. The van der Waals surface area contributed by atoms with E-state index in [0.717, 1.165) is 25.4 Å². The predicted molar refractivity (Wildman–Crippen MR) is 78.4 cm³/mol. The summed E-state index contributed by atoms with van der Waals surface area (Å²) in [4.78, 5) is 18.5. The SMILES string of the molecule is CCS(=O)(=O)c1cc(N=CC=C(N)C(F)(F)F)cnc1C(C)=O. The Morgan fingerprint density at radius 2 is 2.04 bits per heavy atom. The van der Waals surface area contributed by atoms with Crippen molar-refractivity contribution in [2.45, 2.75) is 24.9 Å². The molecule has 0 unspecified atom stereocenters. The number of halogens is 3. The highest BCUT2D eigenvalue weighted by atomic mass is 32.2. The highest BCUT2D eigenvalue weighted by molar-refractivity contribution is 7.91. The van der Waals surface area contributed by atoms with Gasteiger partial charge in [-0.25, -0.2) is 13.4 Å². The minimum Gasteiger partial charge on any atom is -0.395 e. The monoisotopic (exact) mass is 349 g/mol. The lowest BCUT2D eigenvalue weighted by molar-refractivity contribution is -0.0925. The molecule has 126 valence electrons. The van der Waals surface area contributed by atoms with Gasteiger partial charge in [0, 0.05) is 13.1 Å². The van der Waals surface area contributed by atoms with Gasteiger partial charge in [-0.05, 0) is 12.1 Å². The van der Waals surface area contributed by atoms with Crippen molar-refractivity contribution < 1.29 is 26.4 Å². The van der Waals surface area contributed by atoms with Crippen molar-refractivity contribution in [1.82, 2.24) is 4.98 Å². The van der Waals surface area contributed by atoms with Gasteiger partial charge in [0.1, 0.15) is 11.4 Å². The van der Waals surface area contributed by atoms with Crippen LogP contribution in [0.4, 0.5) is 18.9 Å². The number of alkyl halides is 3. The van der Waals surface area contributed by atoms with Gasteiger partial charge in [0.05, 0.1) is 22.5 Å². The Morgan fingerprint density at radius 1 is 1.43 bits per heavy atom. The van der Waals surface area contributed by atoms with Gasteiger partial charge in [-0.15, -0.1) is 0 Å². The van der Waals surface area contributed by atoms with Crippen molar-refractivity contribution in [1.29, 1.82) is 0 Å². The van der Waals surface area contributed by atoms with Crippen LogP contribution in [0.3, 0.4) is 0 Å². The first-order chi connectivity index (χ1) is 10.5. The van der Waals surface area contributed by atoms with Crippen LogP contribution in [0, 0.1) is 0 Å². The highest BCUT2D eigenvalue weighted by Gasteiger charge is 2.30. The highest BCUT2D eigenvalue weighted by Crippen LogP contribution is 2.23. The summed E-state index contributed by atoms with van der Waals surface area (Å²) in [5.41, 5.74) is 3.18. The Labute approximate surface area is 130 Å². The zero-order chi connectivity index (χ0) is 17.8. The lowest BCUT2D eigenvalue weighted by Crippen LogP contribution is -2.19. The number of allylic oxidation sites excluding steroid dienone is 2. The van der Waals surface area contributed by atoms with Crippen LogP contribution in [0.15, 0.2) is 33.9 Å². The van der Waals surface area contributed by atoms with Gasteiger partial charge in [0.2, 0.25) is 0 Å². The number of carbonyl (C=O) groups excluding carboxylic acids is 1. The van der Waals surface area contributed by atoms with E-state index in [-0.39, 0.29) is 22.0 Å². The molecule has 0 aromatic carbocycles. The van der Waals surface area contributed by atoms with E-state index in [0.29, 0.717) is 6.08 Å². The van der Waals surface area contributed by atoms with Crippen molar-refractivity contribution in [2.75, 3.05) is 5.75 Å². The molecular weight excluding hydrogens is 335 g/mol. The molecule has 0 aliphatic carbocycles. The minimum absolute atomic E-state index is 0.0201. The Balaban J connectivity index is 3.27. The summed E-state index contributed by atoms with van der Waals surface area (Å²) in [6.45, 7) is 2.55. The van der Waals surface area contributed by atoms with Crippen LogP contribution in [0.2, 0.25) is 0 Å². The molecule has 1 aromatic rings. The number of carbonyl (C=O) groups is 1. The molecule has 2 N–H and O–H groups in total. The quantitative estimate of drug-likeness (QED) is 0.648. The van der Waals surface area contributed by atoms with Crippen LogP contribution >= 0.6 is 0 Å². The van der Waals surface area contributed by atoms with Gasteiger partial charge in [-0.1, -0.05) is 6.92 Å². The van der Waals surface area contributed by atoms with E-state index < -0.39 is 27.5 Å². The van der Waals surface area contributed by atoms with E-state index in [2.05, 4.69) is 9.98 Å². The maximum absolute atomic E-state index is 12.2. The first-order valence-corrected chi connectivity index (χ1v) is 7.95. The number of Topliss-reactive ketones (excluding diaryl/α,β-unsaturated/α-hetero) is 1. The number of aromatic nitrogens is 1. The van der Waals surface area contributed by atoms with Crippen molar-refractivity contribution >= 4 is 27.5 Å². The predicted octanol–water partition coefficient (Wildman–Crippen LogP) is 2.19. The van der Waals surface area contributed by atoms with E-state index in [4.69, 9.17) is 5.73 Å². The van der Waals surface area contributed by atoms with E-state index >= 15 is 0 Å². The van der Waals surface area contributed by atoms with E-state index in [1.54, 1.807) is 0 Å². The number of nitrogens with zero attached hydrogens (tertiary/aromatic N) is 2.